The van der Waals surface area contributed by atoms with Crippen molar-refractivity contribution in [3.63, 3.8) is 0 Å². The molecule has 0 aromatic carbocycles. The molecule has 0 radical (unpaired) electrons. The molecule has 21 heavy (non-hydrogen) atoms. The van der Waals surface area contributed by atoms with Gasteiger partial charge in [0.2, 0.25) is 0 Å². The predicted molar refractivity (Wildman–Crippen MR) is 82.6 cm³/mol. The molecule has 1 fully saturated rings. The maximum absolute atomic E-state index is 12.2. The van der Waals surface area contributed by atoms with Crippen molar-refractivity contribution >= 4 is 28.2 Å². The largest absolute Gasteiger partial charge is 0.465 e. The van der Waals surface area contributed by atoms with Gasteiger partial charge in [-0.05, 0) is 31.9 Å². The Morgan fingerprint density at radius 1 is 1.48 bits per heavy atom. The minimum atomic E-state index is -0.204. The molecule has 7 heteroatoms. The SMILES string of the molecule is Cc1ccc(CNC(=O)c2sc(N3CCCC3)nc2N)o1. The van der Waals surface area contributed by atoms with Crippen molar-refractivity contribution in [3.05, 3.63) is 28.5 Å². The summed E-state index contributed by atoms with van der Waals surface area (Å²) < 4.78 is 5.42. The van der Waals surface area contributed by atoms with Gasteiger partial charge < -0.3 is 20.4 Å². The van der Waals surface area contributed by atoms with Crippen LogP contribution in [0.2, 0.25) is 0 Å². The summed E-state index contributed by atoms with van der Waals surface area (Å²) in [5, 5.41) is 3.65. The van der Waals surface area contributed by atoms with Crippen molar-refractivity contribution in [1.29, 1.82) is 0 Å². The van der Waals surface area contributed by atoms with Gasteiger partial charge in [0.05, 0.1) is 6.54 Å². The molecule has 1 aliphatic rings. The van der Waals surface area contributed by atoms with E-state index in [4.69, 9.17) is 10.2 Å². The summed E-state index contributed by atoms with van der Waals surface area (Å²) >= 11 is 1.35. The molecule has 3 heterocycles. The van der Waals surface area contributed by atoms with Gasteiger partial charge >= 0.3 is 0 Å². The Hall–Kier alpha value is -2.02. The van der Waals surface area contributed by atoms with Gasteiger partial charge in [-0.3, -0.25) is 4.79 Å². The Bertz CT molecular complexity index is 643. The third-order valence-corrected chi connectivity index (χ3v) is 4.57. The van der Waals surface area contributed by atoms with Crippen LogP contribution in [0.4, 0.5) is 10.9 Å². The molecule has 0 saturated carbocycles. The zero-order valence-electron chi connectivity index (χ0n) is 11.9. The van der Waals surface area contributed by atoms with Crippen molar-refractivity contribution in [1.82, 2.24) is 10.3 Å². The lowest BCUT2D eigenvalue weighted by Crippen LogP contribution is -2.22. The number of thiazole rings is 1. The standard InChI is InChI=1S/C14H18N4O2S/c1-9-4-5-10(20-9)8-16-13(19)11-12(15)17-14(21-11)18-6-2-3-7-18/h4-5H,2-3,6-8,15H2,1H3,(H,16,19). The van der Waals surface area contributed by atoms with Crippen LogP contribution in [0.5, 0.6) is 0 Å². The predicted octanol–water partition coefficient (Wildman–Crippen LogP) is 2.16. The number of aromatic nitrogens is 1. The second kappa shape index (κ2) is 5.77. The van der Waals surface area contributed by atoms with Gasteiger partial charge in [0, 0.05) is 13.1 Å². The first-order valence-corrected chi connectivity index (χ1v) is 7.80. The van der Waals surface area contributed by atoms with Crippen LogP contribution in [-0.4, -0.2) is 24.0 Å². The number of amides is 1. The zero-order chi connectivity index (χ0) is 14.8. The fraction of sp³-hybridized carbons (Fsp3) is 0.429. The summed E-state index contributed by atoms with van der Waals surface area (Å²) in [6.45, 7) is 4.19. The van der Waals surface area contributed by atoms with E-state index in [0.717, 1.165) is 29.7 Å². The van der Waals surface area contributed by atoms with Gasteiger partial charge in [-0.2, -0.15) is 0 Å². The van der Waals surface area contributed by atoms with E-state index in [2.05, 4.69) is 15.2 Å². The fourth-order valence-corrected chi connectivity index (χ4v) is 3.31. The van der Waals surface area contributed by atoms with Crippen LogP contribution in [-0.2, 0) is 6.54 Å². The zero-order valence-corrected chi connectivity index (χ0v) is 12.7. The molecule has 1 aliphatic heterocycles. The summed E-state index contributed by atoms with van der Waals surface area (Å²) in [6, 6.07) is 3.72. The Morgan fingerprint density at radius 2 is 2.24 bits per heavy atom. The minimum absolute atomic E-state index is 0.204. The van der Waals surface area contributed by atoms with E-state index in [1.54, 1.807) is 0 Å². The normalized spacial score (nSPS) is 14.6. The molecule has 6 nitrogen and oxygen atoms in total. The Kier molecular flexibility index (Phi) is 3.83. The smallest absolute Gasteiger partial charge is 0.265 e. The average Bonchev–Trinajstić information content (AvgIpc) is 3.16. The average molecular weight is 306 g/mol. The summed E-state index contributed by atoms with van der Waals surface area (Å²) in [5.41, 5.74) is 5.87. The molecule has 1 amide bonds. The first-order chi connectivity index (χ1) is 10.1. The molecule has 2 aromatic rings. The molecule has 1 saturated heterocycles. The number of nitrogens with one attached hydrogen (secondary N) is 1. The van der Waals surface area contributed by atoms with E-state index in [0.29, 0.717) is 17.2 Å². The Labute approximate surface area is 127 Å². The number of carbonyl (C=O) groups is 1. The highest BCUT2D eigenvalue weighted by Crippen LogP contribution is 2.30. The second-order valence-corrected chi connectivity index (χ2v) is 6.08. The van der Waals surface area contributed by atoms with Gasteiger partial charge in [0.15, 0.2) is 5.13 Å². The number of nitrogens with two attached hydrogens (primary N) is 1. The number of carbonyl (C=O) groups excluding carboxylic acids is 1. The van der Waals surface area contributed by atoms with Crippen LogP contribution in [0.25, 0.3) is 0 Å². The number of anilines is 2. The molecular weight excluding hydrogens is 288 g/mol. The van der Waals surface area contributed by atoms with Gasteiger partial charge in [0.25, 0.3) is 5.91 Å². The van der Waals surface area contributed by atoms with Gasteiger partial charge in [0.1, 0.15) is 22.2 Å². The number of furan rings is 1. The van der Waals surface area contributed by atoms with Gasteiger partial charge in [-0.25, -0.2) is 4.98 Å². The van der Waals surface area contributed by atoms with E-state index in [1.165, 1.54) is 24.2 Å². The molecule has 3 N–H and O–H groups in total. The third-order valence-electron chi connectivity index (χ3n) is 3.44. The fourth-order valence-electron chi connectivity index (χ4n) is 2.35. The second-order valence-electron chi connectivity index (χ2n) is 5.10. The van der Waals surface area contributed by atoms with Crippen LogP contribution >= 0.6 is 11.3 Å². The molecule has 112 valence electrons. The summed E-state index contributed by atoms with van der Waals surface area (Å²) in [5.74, 6) is 1.65. The number of hydrogen-bond acceptors (Lipinski definition) is 6. The minimum Gasteiger partial charge on any atom is -0.465 e. The molecule has 3 rings (SSSR count). The molecule has 0 aliphatic carbocycles. The lowest BCUT2D eigenvalue weighted by molar-refractivity contribution is 0.0952. The summed E-state index contributed by atoms with van der Waals surface area (Å²) in [6.07, 6.45) is 2.33. The Morgan fingerprint density at radius 3 is 2.90 bits per heavy atom. The molecule has 2 aromatic heterocycles. The van der Waals surface area contributed by atoms with E-state index in [1.807, 2.05) is 19.1 Å². The van der Waals surface area contributed by atoms with E-state index < -0.39 is 0 Å². The van der Waals surface area contributed by atoms with Gasteiger partial charge in [-0.1, -0.05) is 11.3 Å². The van der Waals surface area contributed by atoms with E-state index >= 15 is 0 Å². The van der Waals surface area contributed by atoms with Crippen molar-refractivity contribution in [2.45, 2.75) is 26.3 Å². The molecule has 0 unspecified atom stereocenters. The van der Waals surface area contributed by atoms with Crippen LogP contribution in [0.1, 0.15) is 34.0 Å². The number of aryl methyl sites for hydroxylation is 1. The van der Waals surface area contributed by atoms with Crippen LogP contribution in [0.15, 0.2) is 16.5 Å². The molecular formula is C14H18N4O2S. The van der Waals surface area contributed by atoms with E-state index in [-0.39, 0.29) is 5.91 Å². The first kappa shape index (κ1) is 13.9. The number of nitrogens with zero attached hydrogens (tertiary/aromatic N) is 2. The first-order valence-electron chi connectivity index (χ1n) is 6.98. The quantitative estimate of drug-likeness (QED) is 0.904. The van der Waals surface area contributed by atoms with Crippen molar-refractivity contribution < 1.29 is 9.21 Å². The summed E-state index contributed by atoms with van der Waals surface area (Å²) in [4.78, 5) is 19.2. The van der Waals surface area contributed by atoms with Gasteiger partial charge in [-0.15, -0.1) is 0 Å². The molecule has 0 bridgehead atoms. The maximum Gasteiger partial charge on any atom is 0.265 e. The molecule has 0 spiro atoms. The van der Waals surface area contributed by atoms with Crippen LogP contribution < -0.4 is 16.0 Å². The maximum atomic E-state index is 12.2. The highest BCUT2D eigenvalue weighted by Gasteiger charge is 2.21. The summed E-state index contributed by atoms with van der Waals surface area (Å²) in [7, 11) is 0. The van der Waals surface area contributed by atoms with Crippen LogP contribution in [0.3, 0.4) is 0 Å². The lowest BCUT2D eigenvalue weighted by atomic mass is 10.4. The van der Waals surface area contributed by atoms with E-state index in [9.17, 15) is 4.79 Å². The highest BCUT2D eigenvalue weighted by molar-refractivity contribution is 7.18. The third kappa shape index (κ3) is 3.02. The van der Waals surface area contributed by atoms with Crippen molar-refractivity contribution in [2.24, 2.45) is 0 Å². The lowest BCUT2D eigenvalue weighted by Gasteiger charge is -2.11. The molecule has 0 atom stereocenters. The topological polar surface area (TPSA) is 84.4 Å². The monoisotopic (exact) mass is 306 g/mol. The van der Waals surface area contributed by atoms with Crippen molar-refractivity contribution in [2.75, 3.05) is 23.7 Å². The van der Waals surface area contributed by atoms with Crippen LogP contribution in [0, 0.1) is 6.92 Å². The number of nitrogen functional groups attached to an aromatic ring is 1. The number of rotatable bonds is 4. The Balaban J connectivity index is 1.66. The highest BCUT2D eigenvalue weighted by atomic mass is 32.1. The van der Waals surface area contributed by atoms with Crippen molar-refractivity contribution in [3.8, 4) is 0 Å². The number of hydrogen-bond donors (Lipinski definition) is 2.